The summed E-state index contributed by atoms with van der Waals surface area (Å²) in [5.41, 5.74) is 2.25. The van der Waals surface area contributed by atoms with Gasteiger partial charge < -0.3 is 9.47 Å². The number of halogens is 1. The van der Waals surface area contributed by atoms with Crippen molar-refractivity contribution in [1.29, 1.82) is 5.26 Å². The maximum atomic E-state index is 13.7. The average Bonchev–Trinajstić information content (AvgIpc) is 2.56. The first-order chi connectivity index (χ1) is 10.3. The van der Waals surface area contributed by atoms with E-state index in [4.69, 9.17) is 14.7 Å². The van der Waals surface area contributed by atoms with Gasteiger partial charge in [0.2, 0.25) is 0 Å². The molecule has 0 amide bonds. The second kappa shape index (κ2) is 6.00. The molecule has 2 aromatic rings. The number of pyridine rings is 1. The quantitative estimate of drug-likeness (QED) is 0.849. The predicted octanol–water partition coefficient (Wildman–Crippen LogP) is 3.19. The van der Waals surface area contributed by atoms with Crippen LogP contribution in [-0.2, 0) is 9.47 Å². The fourth-order valence-corrected chi connectivity index (χ4v) is 2.21. The molecule has 0 aliphatic carbocycles. The van der Waals surface area contributed by atoms with E-state index in [2.05, 4.69) is 4.98 Å². The summed E-state index contributed by atoms with van der Waals surface area (Å²) in [4.78, 5) is 4.16. The molecule has 2 heterocycles. The summed E-state index contributed by atoms with van der Waals surface area (Å²) in [5, 5.41) is 8.76. The summed E-state index contributed by atoms with van der Waals surface area (Å²) >= 11 is 0. The summed E-state index contributed by atoms with van der Waals surface area (Å²) in [5.74, 6) is -0.537. The van der Waals surface area contributed by atoms with Crippen molar-refractivity contribution in [3.63, 3.8) is 0 Å². The normalized spacial score (nSPS) is 15.6. The second-order valence-corrected chi connectivity index (χ2v) is 4.74. The monoisotopic (exact) mass is 284 g/mol. The molecule has 4 nitrogen and oxygen atoms in total. The average molecular weight is 284 g/mol. The summed E-state index contributed by atoms with van der Waals surface area (Å²) in [7, 11) is 0. The molecule has 3 rings (SSSR count). The molecule has 1 fully saturated rings. The van der Waals surface area contributed by atoms with Gasteiger partial charge in [-0.15, -0.1) is 0 Å². The molecule has 1 saturated heterocycles. The number of rotatable bonds is 2. The van der Waals surface area contributed by atoms with E-state index in [1.807, 2.05) is 6.07 Å². The first-order valence-electron chi connectivity index (χ1n) is 6.66. The fraction of sp³-hybridized carbons (Fsp3) is 0.250. The highest BCUT2D eigenvalue weighted by molar-refractivity contribution is 5.64. The van der Waals surface area contributed by atoms with E-state index in [0.717, 1.165) is 17.5 Å². The molecular formula is C16H13FN2O2. The van der Waals surface area contributed by atoms with Crippen LogP contribution in [0.2, 0.25) is 0 Å². The minimum Gasteiger partial charge on any atom is -0.348 e. The second-order valence-electron chi connectivity index (χ2n) is 4.74. The van der Waals surface area contributed by atoms with Gasteiger partial charge in [0.05, 0.1) is 18.8 Å². The minimum absolute atomic E-state index is 0.0295. The lowest BCUT2D eigenvalue weighted by molar-refractivity contribution is -0.183. The Hall–Kier alpha value is -2.29. The molecule has 1 aliphatic rings. The van der Waals surface area contributed by atoms with E-state index in [1.165, 1.54) is 12.1 Å². The number of nitriles is 1. The minimum atomic E-state index is -0.537. The Labute approximate surface area is 121 Å². The van der Waals surface area contributed by atoms with E-state index in [-0.39, 0.29) is 5.56 Å². The van der Waals surface area contributed by atoms with Gasteiger partial charge in [-0.2, -0.15) is 5.26 Å². The number of benzene rings is 1. The third-order valence-corrected chi connectivity index (χ3v) is 3.28. The van der Waals surface area contributed by atoms with Crippen molar-refractivity contribution in [3.05, 3.63) is 53.6 Å². The molecule has 1 aromatic carbocycles. The highest BCUT2D eigenvalue weighted by Crippen LogP contribution is 2.27. The summed E-state index contributed by atoms with van der Waals surface area (Å²) in [6, 6.07) is 8.17. The Balaban J connectivity index is 1.92. The van der Waals surface area contributed by atoms with Crippen LogP contribution >= 0.6 is 0 Å². The van der Waals surface area contributed by atoms with Crippen LogP contribution in [0.25, 0.3) is 11.1 Å². The first-order valence-corrected chi connectivity index (χ1v) is 6.66. The molecule has 0 bridgehead atoms. The van der Waals surface area contributed by atoms with Gasteiger partial charge in [0.15, 0.2) is 6.29 Å². The lowest BCUT2D eigenvalue weighted by Gasteiger charge is -2.23. The van der Waals surface area contributed by atoms with Gasteiger partial charge in [-0.3, -0.25) is 4.98 Å². The molecule has 0 N–H and O–H groups in total. The van der Waals surface area contributed by atoms with E-state index < -0.39 is 12.1 Å². The van der Waals surface area contributed by atoms with Crippen molar-refractivity contribution in [2.45, 2.75) is 12.7 Å². The van der Waals surface area contributed by atoms with Crippen LogP contribution in [0.3, 0.4) is 0 Å². The zero-order chi connectivity index (χ0) is 14.7. The van der Waals surface area contributed by atoms with Gasteiger partial charge in [0, 0.05) is 23.5 Å². The largest absolute Gasteiger partial charge is 0.348 e. The molecule has 0 spiro atoms. The van der Waals surface area contributed by atoms with Crippen molar-refractivity contribution < 1.29 is 13.9 Å². The highest BCUT2D eigenvalue weighted by Gasteiger charge is 2.17. The molecule has 0 atom stereocenters. The fourth-order valence-electron chi connectivity index (χ4n) is 2.21. The Kier molecular flexibility index (Phi) is 3.91. The number of hydrogen-bond donors (Lipinski definition) is 0. The maximum Gasteiger partial charge on any atom is 0.185 e. The zero-order valence-corrected chi connectivity index (χ0v) is 11.3. The van der Waals surface area contributed by atoms with Gasteiger partial charge in [0.1, 0.15) is 11.9 Å². The van der Waals surface area contributed by atoms with E-state index in [1.54, 1.807) is 24.5 Å². The van der Waals surface area contributed by atoms with E-state index in [9.17, 15) is 4.39 Å². The Morgan fingerprint density at radius 1 is 1.14 bits per heavy atom. The zero-order valence-electron chi connectivity index (χ0n) is 11.3. The van der Waals surface area contributed by atoms with Crippen molar-refractivity contribution in [2.24, 2.45) is 0 Å². The van der Waals surface area contributed by atoms with Gasteiger partial charge in [-0.1, -0.05) is 6.07 Å². The molecular weight excluding hydrogens is 271 g/mol. The smallest absolute Gasteiger partial charge is 0.185 e. The molecule has 0 radical (unpaired) electrons. The number of aromatic nitrogens is 1. The molecule has 0 unspecified atom stereocenters. The van der Waals surface area contributed by atoms with E-state index in [0.29, 0.717) is 18.8 Å². The van der Waals surface area contributed by atoms with Crippen molar-refractivity contribution in [1.82, 2.24) is 4.98 Å². The van der Waals surface area contributed by atoms with Crippen molar-refractivity contribution >= 4 is 0 Å². The van der Waals surface area contributed by atoms with Crippen LogP contribution in [0, 0.1) is 17.1 Å². The topological polar surface area (TPSA) is 55.1 Å². The third-order valence-electron chi connectivity index (χ3n) is 3.28. The molecule has 21 heavy (non-hydrogen) atoms. The standard InChI is InChI=1S/C16H13FN2O2/c17-15-7-11(2-3-12(15)8-18)13-6-14(10-19-9-13)16-20-4-1-5-21-16/h2-3,6-7,9-10,16H,1,4-5H2. The van der Waals surface area contributed by atoms with Crippen LogP contribution in [0.5, 0.6) is 0 Å². The van der Waals surface area contributed by atoms with Crippen LogP contribution < -0.4 is 0 Å². The molecule has 1 aliphatic heterocycles. The highest BCUT2D eigenvalue weighted by atomic mass is 19.1. The number of nitrogens with zero attached hydrogens (tertiary/aromatic N) is 2. The third kappa shape index (κ3) is 2.92. The van der Waals surface area contributed by atoms with Crippen LogP contribution in [-0.4, -0.2) is 18.2 Å². The lowest BCUT2D eigenvalue weighted by atomic mass is 10.0. The maximum absolute atomic E-state index is 13.7. The van der Waals surface area contributed by atoms with E-state index >= 15 is 0 Å². The summed E-state index contributed by atoms with van der Waals surface area (Å²) < 4.78 is 24.8. The SMILES string of the molecule is N#Cc1ccc(-c2cncc(C3OCCCO3)c2)cc1F. The Bertz CT molecular complexity index is 691. The molecule has 106 valence electrons. The molecule has 0 saturated carbocycles. The molecule has 1 aromatic heterocycles. The number of hydrogen-bond acceptors (Lipinski definition) is 4. The lowest BCUT2D eigenvalue weighted by Crippen LogP contribution is -2.17. The van der Waals surface area contributed by atoms with Crippen LogP contribution in [0.4, 0.5) is 4.39 Å². The van der Waals surface area contributed by atoms with Crippen LogP contribution in [0.15, 0.2) is 36.7 Å². The van der Waals surface area contributed by atoms with Crippen molar-refractivity contribution in [2.75, 3.05) is 13.2 Å². The molecule has 5 heteroatoms. The summed E-state index contributed by atoms with van der Waals surface area (Å²) in [6.07, 6.45) is 3.78. The van der Waals surface area contributed by atoms with Crippen LogP contribution in [0.1, 0.15) is 23.8 Å². The van der Waals surface area contributed by atoms with Crippen molar-refractivity contribution in [3.8, 4) is 17.2 Å². The van der Waals surface area contributed by atoms with Gasteiger partial charge in [-0.25, -0.2) is 4.39 Å². The number of ether oxygens (including phenoxy) is 2. The first kappa shape index (κ1) is 13.7. The summed E-state index contributed by atoms with van der Waals surface area (Å²) in [6.45, 7) is 1.31. The van der Waals surface area contributed by atoms with Gasteiger partial charge in [0.25, 0.3) is 0 Å². The predicted molar refractivity (Wildman–Crippen MR) is 73.6 cm³/mol. The van der Waals surface area contributed by atoms with Gasteiger partial charge >= 0.3 is 0 Å². The van der Waals surface area contributed by atoms with Gasteiger partial charge in [-0.05, 0) is 30.2 Å². The Morgan fingerprint density at radius 2 is 1.95 bits per heavy atom. The Morgan fingerprint density at radius 3 is 2.67 bits per heavy atom.